The van der Waals surface area contributed by atoms with Crippen LogP contribution in [0.15, 0.2) is 72.8 Å². The molecule has 0 bridgehead atoms. The number of amides is 2. The van der Waals surface area contributed by atoms with Crippen LogP contribution in [0.25, 0.3) is 0 Å². The van der Waals surface area contributed by atoms with Crippen LogP contribution in [0.5, 0.6) is 0 Å². The number of hydrogen-bond acceptors (Lipinski definition) is 5. The van der Waals surface area contributed by atoms with Crippen LogP contribution in [0.2, 0.25) is 10.0 Å². The van der Waals surface area contributed by atoms with E-state index in [0.717, 1.165) is 5.56 Å². The van der Waals surface area contributed by atoms with Crippen LogP contribution in [-0.2, 0) is 16.0 Å². The molecule has 2 amide bonds. The van der Waals surface area contributed by atoms with Crippen molar-refractivity contribution in [2.45, 2.75) is 38.8 Å². The van der Waals surface area contributed by atoms with Gasteiger partial charge in [0.2, 0.25) is 11.8 Å². The molecule has 40 heavy (non-hydrogen) atoms. The fourth-order valence-electron chi connectivity index (χ4n) is 3.83. The van der Waals surface area contributed by atoms with Crippen LogP contribution in [0, 0.1) is 16.0 Å². The van der Waals surface area contributed by atoms with E-state index in [9.17, 15) is 19.7 Å². The number of non-ortho nitro benzene ring substituents is 1. The van der Waals surface area contributed by atoms with Crippen LogP contribution in [-0.4, -0.2) is 33.9 Å². The highest BCUT2D eigenvalue weighted by molar-refractivity contribution is 7.80. The number of thiocarbonyl (C=S) groups is 1. The van der Waals surface area contributed by atoms with E-state index in [1.165, 1.54) is 24.3 Å². The number of hydrogen-bond donors (Lipinski definition) is 4. The fourth-order valence-corrected chi connectivity index (χ4v) is 4.37. The number of anilines is 2. The van der Waals surface area contributed by atoms with Crippen molar-refractivity contribution in [1.82, 2.24) is 10.6 Å². The van der Waals surface area contributed by atoms with Crippen LogP contribution in [0.1, 0.15) is 25.8 Å². The third-order valence-electron chi connectivity index (χ3n) is 6.20. The molecule has 3 aromatic carbocycles. The lowest BCUT2D eigenvalue weighted by Gasteiger charge is -2.27. The van der Waals surface area contributed by atoms with Crippen molar-refractivity contribution in [1.29, 1.82) is 0 Å². The minimum absolute atomic E-state index is 0.0965. The van der Waals surface area contributed by atoms with E-state index in [2.05, 4.69) is 21.3 Å². The van der Waals surface area contributed by atoms with E-state index in [0.29, 0.717) is 22.8 Å². The van der Waals surface area contributed by atoms with Crippen molar-refractivity contribution in [2.24, 2.45) is 5.92 Å². The lowest BCUT2D eigenvalue weighted by atomic mass is 9.97. The standard InChI is InChI=1S/C28H29Cl2N5O4S/c1-3-17(2)25(34-28(40)32-19-10-7-11-21(15-19)35(38)39)27(37)33-24(14-18-8-5-4-6-9-18)26(36)31-20-12-13-22(29)23(30)16-20/h4-13,15-17,24-25H,3,14H2,1-2H3,(H,31,36)(H,33,37)(H2,32,34,40)/t17-,24+,25-/m0/s1. The number of rotatable bonds is 11. The van der Waals surface area contributed by atoms with Crippen molar-refractivity contribution < 1.29 is 14.5 Å². The lowest BCUT2D eigenvalue weighted by Crippen LogP contribution is -2.56. The third kappa shape index (κ3) is 8.90. The minimum Gasteiger partial charge on any atom is -0.350 e. The molecule has 4 N–H and O–H groups in total. The largest absolute Gasteiger partial charge is 0.350 e. The van der Waals surface area contributed by atoms with Gasteiger partial charge in [-0.05, 0) is 48.0 Å². The normalized spacial score (nSPS) is 12.9. The van der Waals surface area contributed by atoms with E-state index in [1.807, 2.05) is 44.2 Å². The number of nitro benzene ring substituents is 1. The Kier molecular flexibility index (Phi) is 11.2. The van der Waals surface area contributed by atoms with E-state index >= 15 is 0 Å². The summed E-state index contributed by atoms with van der Waals surface area (Å²) in [7, 11) is 0. The average Bonchev–Trinajstić information content (AvgIpc) is 2.93. The maximum atomic E-state index is 13.6. The topological polar surface area (TPSA) is 125 Å². The SMILES string of the molecule is CC[C@H](C)[C@H](NC(=S)Nc1cccc([N+](=O)[O-])c1)C(=O)N[C@H](Cc1ccccc1)C(=O)Nc1ccc(Cl)c(Cl)c1. The Morgan fingerprint density at radius 3 is 2.25 bits per heavy atom. The maximum Gasteiger partial charge on any atom is 0.271 e. The Morgan fingerprint density at radius 1 is 0.900 bits per heavy atom. The molecule has 0 heterocycles. The molecule has 0 saturated carbocycles. The highest BCUT2D eigenvalue weighted by atomic mass is 35.5. The zero-order valence-electron chi connectivity index (χ0n) is 21.8. The second-order valence-electron chi connectivity index (χ2n) is 9.14. The third-order valence-corrected chi connectivity index (χ3v) is 7.16. The van der Waals surface area contributed by atoms with Gasteiger partial charge in [-0.2, -0.15) is 0 Å². The Hall–Kier alpha value is -3.73. The predicted octanol–water partition coefficient (Wildman–Crippen LogP) is 5.97. The van der Waals surface area contributed by atoms with Crippen LogP contribution in [0.3, 0.4) is 0 Å². The second kappa shape index (κ2) is 14.6. The number of nitro groups is 1. The molecule has 0 aliphatic carbocycles. The Morgan fingerprint density at radius 2 is 1.60 bits per heavy atom. The van der Waals surface area contributed by atoms with E-state index in [-0.39, 0.29) is 28.2 Å². The van der Waals surface area contributed by atoms with Crippen molar-refractivity contribution in [3.63, 3.8) is 0 Å². The number of carbonyl (C=O) groups is 2. The summed E-state index contributed by atoms with van der Waals surface area (Å²) in [6, 6.07) is 18.2. The molecular weight excluding hydrogens is 573 g/mol. The van der Waals surface area contributed by atoms with Crippen molar-refractivity contribution >= 4 is 69.4 Å². The van der Waals surface area contributed by atoms with E-state index in [1.54, 1.807) is 18.2 Å². The van der Waals surface area contributed by atoms with Gasteiger partial charge in [-0.3, -0.25) is 19.7 Å². The summed E-state index contributed by atoms with van der Waals surface area (Å²) in [4.78, 5) is 37.5. The van der Waals surface area contributed by atoms with Gasteiger partial charge in [0.15, 0.2) is 5.11 Å². The number of nitrogens with one attached hydrogen (secondary N) is 4. The first kappa shape index (κ1) is 30.8. The smallest absolute Gasteiger partial charge is 0.271 e. The molecule has 3 rings (SSSR count). The summed E-state index contributed by atoms with van der Waals surface area (Å²) >= 11 is 17.5. The number of halogens is 2. The molecule has 0 unspecified atom stereocenters. The maximum absolute atomic E-state index is 13.6. The summed E-state index contributed by atoms with van der Waals surface area (Å²) in [5.74, 6) is -1.03. The summed E-state index contributed by atoms with van der Waals surface area (Å²) in [5, 5.41) is 23.4. The first-order valence-electron chi connectivity index (χ1n) is 12.5. The van der Waals surface area contributed by atoms with Crippen molar-refractivity contribution in [2.75, 3.05) is 10.6 Å². The monoisotopic (exact) mass is 601 g/mol. The van der Waals surface area contributed by atoms with Gasteiger partial charge < -0.3 is 21.3 Å². The van der Waals surface area contributed by atoms with Gasteiger partial charge in [0.1, 0.15) is 12.1 Å². The molecule has 0 saturated heterocycles. The van der Waals surface area contributed by atoms with Crippen molar-refractivity contribution in [3.05, 3.63) is 98.5 Å². The summed E-state index contributed by atoms with van der Waals surface area (Å²) < 4.78 is 0. The van der Waals surface area contributed by atoms with Crippen LogP contribution >= 0.6 is 35.4 Å². The molecule has 0 fully saturated rings. The van der Waals surface area contributed by atoms with Gasteiger partial charge in [-0.25, -0.2) is 0 Å². The molecule has 0 spiro atoms. The molecule has 0 aliphatic rings. The molecule has 3 atom stereocenters. The van der Waals surface area contributed by atoms with Gasteiger partial charge in [-0.1, -0.05) is 79.9 Å². The van der Waals surface area contributed by atoms with Gasteiger partial charge in [-0.15, -0.1) is 0 Å². The second-order valence-corrected chi connectivity index (χ2v) is 10.4. The first-order chi connectivity index (χ1) is 19.1. The summed E-state index contributed by atoms with van der Waals surface area (Å²) in [5.41, 5.74) is 1.59. The number of nitrogens with zero attached hydrogens (tertiary/aromatic N) is 1. The van der Waals surface area contributed by atoms with Gasteiger partial charge >= 0.3 is 0 Å². The highest BCUT2D eigenvalue weighted by Crippen LogP contribution is 2.25. The Labute approximate surface area is 247 Å². The lowest BCUT2D eigenvalue weighted by molar-refractivity contribution is -0.384. The zero-order valence-corrected chi connectivity index (χ0v) is 24.1. The van der Waals surface area contributed by atoms with E-state index < -0.39 is 28.8 Å². The first-order valence-corrected chi connectivity index (χ1v) is 13.7. The molecule has 9 nitrogen and oxygen atoms in total. The minimum atomic E-state index is -0.920. The molecule has 3 aromatic rings. The Balaban J connectivity index is 1.78. The van der Waals surface area contributed by atoms with Crippen molar-refractivity contribution in [3.8, 4) is 0 Å². The highest BCUT2D eigenvalue weighted by Gasteiger charge is 2.29. The molecule has 0 aromatic heterocycles. The molecule has 210 valence electrons. The van der Waals surface area contributed by atoms with Gasteiger partial charge in [0, 0.05) is 29.9 Å². The predicted molar refractivity (Wildman–Crippen MR) is 163 cm³/mol. The number of carbonyl (C=O) groups excluding carboxylic acids is 2. The van der Waals surface area contributed by atoms with E-state index in [4.69, 9.17) is 35.4 Å². The number of benzene rings is 3. The summed E-state index contributed by atoms with van der Waals surface area (Å²) in [6.45, 7) is 3.82. The zero-order chi connectivity index (χ0) is 29.2. The summed E-state index contributed by atoms with van der Waals surface area (Å²) in [6.07, 6.45) is 0.882. The molecule has 0 aliphatic heterocycles. The Bertz CT molecular complexity index is 1380. The molecule has 0 radical (unpaired) electrons. The average molecular weight is 603 g/mol. The van der Waals surface area contributed by atoms with Gasteiger partial charge in [0.25, 0.3) is 5.69 Å². The molecular formula is C28H29Cl2N5O4S. The van der Waals surface area contributed by atoms with Crippen LogP contribution in [0.4, 0.5) is 17.1 Å². The quantitative estimate of drug-likeness (QED) is 0.121. The molecule has 12 heteroatoms. The van der Waals surface area contributed by atoms with Gasteiger partial charge in [0.05, 0.1) is 15.0 Å². The fraction of sp³-hybridized carbons (Fsp3) is 0.250. The van der Waals surface area contributed by atoms with Crippen LogP contribution < -0.4 is 21.3 Å².